The molecule has 0 saturated carbocycles. The summed E-state index contributed by atoms with van der Waals surface area (Å²) in [5, 5.41) is 0.0290. The lowest BCUT2D eigenvalue weighted by Crippen LogP contribution is -2.10. The Bertz CT molecular complexity index is 681. The molecule has 22 heavy (non-hydrogen) atoms. The number of hydrogen-bond acceptors (Lipinski definition) is 3. The van der Waals surface area contributed by atoms with Gasteiger partial charge >= 0.3 is 12.4 Å². The first kappa shape index (κ1) is 16.9. The Kier molecular flexibility index (Phi) is 4.57. The summed E-state index contributed by atoms with van der Waals surface area (Å²) in [6.45, 7) is 0.189. The minimum atomic E-state index is -4.67. The lowest BCUT2D eigenvalue weighted by Gasteiger charge is -2.13. The minimum absolute atomic E-state index is 0.0290. The SMILES string of the molecule is NCCSc1cc(C(F)(F)F)nc2ccc(C(F)(F)F)cc12. The van der Waals surface area contributed by atoms with Gasteiger partial charge in [-0.25, -0.2) is 4.98 Å². The maximum absolute atomic E-state index is 12.8. The molecular formula is C13H10F6N2S. The first-order valence-electron chi connectivity index (χ1n) is 6.05. The monoisotopic (exact) mass is 340 g/mol. The van der Waals surface area contributed by atoms with E-state index in [2.05, 4.69) is 4.98 Å². The van der Waals surface area contributed by atoms with Crippen molar-refractivity contribution >= 4 is 22.7 Å². The number of alkyl halides is 6. The van der Waals surface area contributed by atoms with Crippen molar-refractivity contribution < 1.29 is 26.3 Å². The number of aromatic nitrogens is 1. The van der Waals surface area contributed by atoms with Gasteiger partial charge in [-0.2, -0.15) is 26.3 Å². The third-order valence-corrected chi connectivity index (χ3v) is 3.85. The summed E-state index contributed by atoms with van der Waals surface area (Å²) in [4.78, 5) is 3.48. The molecule has 1 aromatic heterocycles. The molecule has 9 heteroatoms. The fourth-order valence-corrected chi connectivity index (χ4v) is 2.66. The molecule has 0 unspecified atom stereocenters. The average molecular weight is 340 g/mol. The van der Waals surface area contributed by atoms with Gasteiger partial charge in [0.15, 0.2) is 0 Å². The zero-order valence-electron chi connectivity index (χ0n) is 10.9. The van der Waals surface area contributed by atoms with Crippen molar-refractivity contribution in [3.63, 3.8) is 0 Å². The first-order valence-corrected chi connectivity index (χ1v) is 7.03. The van der Waals surface area contributed by atoms with Gasteiger partial charge in [0.1, 0.15) is 5.69 Å². The molecule has 1 heterocycles. The average Bonchev–Trinajstić information content (AvgIpc) is 2.41. The maximum Gasteiger partial charge on any atom is 0.433 e. The quantitative estimate of drug-likeness (QED) is 0.668. The van der Waals surface area contributed by atoms with Crippen molar-refractivity contribution in [3.8, 4) is 0 Å². The van der Waals surface area contributed by atoms with Crippen LogP contribution in [0.1, 0.15) is 11.3 Å². The summed E-state index contributed by atoms with van der Waals surface area (Å²) < 4.78 is 76.7. The zero-order chi connectivity index (χ0) is 16.5. The molecule has 2 nitrogen and oxygen atoms in total. The van der Waals surface area contributed by atoms with Crippen LogP contribution < -0.4 is 5.73 Å². The molecule has 0 aliphatic carbocycles. The van der Waals surface area contributed by atoms with Crippen molar-refractivity contribution in [2.24, 2.45) is 5.73 Å². The van der Waals surface area contributed by atoms with E-state index in [0.717, 1.165) is 30.0 Å². The highest BCUT2D eigenvalue weighted by Gasteiger charge is 2.34. The van der Waals surface area contributed by atoms with Crippen LogP contribution in [0.3, 0.4) is 0 Å². The van der Waals surface area contributed by atoms with Crippen LogP contribution in [0.2, 0.25) is 0 Å². The van der Waals surface area contributed by atoms with E-state index < -0.39 is 23.6 Å². The zero-order valence-corrected chi connectivity index (χ0v) is 11.7. The van der Waals surface area contributed by atoms with Crippen LogP contribution in [0, 0.1) is 0 Å². The normalized spacial score (nSPS) is 12.9. The Balaban J connectivity index is 2.65. The van der Waals surface area contributed by atoms with Crippen LogP contribution in [0.25, 0.3) is 10.9 Å². The number of nitrogens with two attached hydrogens (primary N) is 1. The Morgan fingerprint density at radius 1 is 1.00 bits per heavy atom. The number of halogens is 6. The summed E-state index contributed by atoms with van der Waals surface area (Å²) in [6.07, 6.45) is -9.25. The van der Waals surface area contributed by atoms with Gasteiger partial charge in [-0.15, -0.1) is 11.8 Å². The molecule has 0 spiro atoms. The number of hydrogen-bond donors (Lipinski definition) is 1. The molecule has 0 fully saturated rings. The van der Waals surface area contributed by atoms with Crippen LogP contribution in [-0.2, 0) is 12.4 Å². The molecule has 120 valence electrons. The van der Waals surface area contributed by atoms with E-state index >= 15 is 0 Å². The first-order chi connectivity index (χ1) is 10.1. The molecule has 0 aliphatic heterocycles. The largest absolute Gasteiger partial charge is 0.433 e. The summed E-state index contributed by atoms with van der Waals surface area (Å²) in [5.74, 6) is 0.284. The van der Waals surface area contributed by atoms with E-state index in [4.69, 9.17) is 5.73 Å². The minimum Gasteiger partial charge on any atom is -0.330 e. The number of pyridine rings is 1. The molecule has 1 aromatic carbocycles. The lowest BCUT2D eigenvalue weighted by molar-refractivity contribution is -0.141. The third kappa shape index (κ3) is 3.64. The van der Waals surface area contributed by atoms with E-state index in [9.17, 15) is 26.3 Å². The van der Waals surface area contributed by atoms with Gasteiger partial charge in [-0.3, -0.25) is 0 Å². The topological polar surface area (TPSA) is 38.9 Å². The van der Waals surface area contributed by atoms with E-state index in [1.165, 1.54) is 0 Å². The van der Waals surface area contributed by atoms with Gasteiger partial charge in [0.2, 0.25) is 0 Å². The van der Waals surface area contributed by atoms with Crippen molar-refractivity contribution in [2.75, 3.05) is 12.3 Å². The van der Waals surface area contributed by atoms with Gasteiger partial charge in [0, 0.05) is 22.6 Å². The van der Waals surface area contributed by atoms with Gasteiger partial charge in [-0.05, 0) is 24.3 Å². The molecule has 0 saturated heterocycles. The fraction of sp³-hybridized carbons (Fsp3) is 0.308. The number of nitrogens with zero attached hydrogens (tertiary/aromatic N) is 1. The Labute approximate surface area is 125 Å². The summed E-state index contributed by atoms with van der Waals surface area (Å²) >= 11 is 0.967. The van der Waals surface area contributed by atoms with Crippen molar-refractivity contribution in [3.05, 3.63) is 35.5 Å². The molecular weight excluding hydrogens is 330 g/mol. The van der Waals surface area contributed by atoms with E-state index in [1.807, 2.05) is 0 Å². The second kappa shape index (κ2) is 5.96. The van der Waals surface area contributed by atoms with Crippen molar-refractivity contribution in [1.82, 2.24) is 4.98 Å². The van der Waals surface area contributed by atoms with Crippen LogP contribution in [-0.4, -0.2) is 17.3 Å². The lowest BCUT2D eigenvalue weighted by atomic mass is 10.1. The highest BCUT2D eigenvalue weighted by Crippen LogP contribution is 2.37. The molecule has 0 aliphatic rings. The smallest absolute Gasteiger partial charge is 0.330 e. The van der Waals surface area contributed by atoms with E-state index in [0.29, 0.717) is 6.07 Å². The predicted octanol–water partition coefficient (Wildman–Crippen LogP) is 4.32. The van der Waals surface area contributed by atoms with Crippen molar-refractivity contribution in [2.45, 2.75) is 17.2 Å². The molecule has 0 atom stereocenters. The van der Waals surface area contributed by atoms with Gasteiger partial charge in [-0.1, -0.05) is 0 Å². The third-order valence-electron chi connectivity index (χ3n) is 2.76. The van der Waals surface area contributed by atoms with Gasteiger partial charge in [0.25, 0.3) is 0 Å². The van der Waals surface area contributed by atoms with Crippen molar-refractivity contribution in [1.29, 1.82) is 0 Å². The standard InChI is InChI=1S/C13H10F6N2S/c14-12(15,16)7-1-2-9-8(5-7)10(22-4-3-20)6-11(21-9)13(17,18)19/h1-2,5-6H,3-4,20H2. The van der Waals surface area contributed by atoms with E-state index in [-0.39, 0.29) is 28.1 Å². The molecule has 0 bridgehead atoms. The number of benzene rings is 1. The maximum atomic E-state index is 12.8. The molecule has 0 amide bonds. The molecule has 2 N–H and O–H groups in total. The molecule has 2 rings (SSSR count). The highest BCUT2D eigenvalue weighted by molar-refractivity contribution is 7.99. The summed E-state index contributed by atoms with van der Waals surface area (Å²) in [7, 11) is 0. The molecule has 0 radical (unpaired) electrons. The van der Waals surface area contributed by atoms with Crippen LogP contribution in [0.4, 0.5) is 26.3 Å². The number of thioether (sulfide) groups is 1. The highest BCUT2D eigenvalue weighted by atomic mass is 32.2. The van der Waals surface area contributed by atoms with Crippen LogP contribution >= 0.6 is 11.8 Å². The van der Waals surface area contributed by atoms with Gasteiger partial charge < -0.3 is 5.73 Å². The second-order valence-corrected chi connectivity index (χ2v) is 5.51. The number of fused-ring (bicyclic) bond motifs is 1. The second-order valence-electron chi connectivity index (χ2n) is 4.37. The Morgan fingerprint density at radius 2 is 1.68 bits per heavy atom. The number of rotatable bonds is 3. The summed E-state index contributed by atoms with van der Waals surface area (Å²) in [5.41, 5.74) is 3.09. The Hall–Kier alpha value is -1.48. The Morgan fingerprint density at radius 3 is 2.23 bits per heavy atom. The summed E-state index contributed by atoms with van der Waals surface area (Å²) in [6, 6.07) is 3.22. The van der Waals surface area contributed by atoms with Gasteiger partial charge in [0.05, 0.1) is 11.1 Å². The molecule has 2 aromatic rings. The van der Waals surface area contributed by atoms with E-state index in [1.54, 1.807) is 0 Å². The van der Waals surface area contributed by atoms with Crippen LogP contribution in [0.15, 0.2) is 29.2 Å². The fourth-order valence-electron chi connectivity index (χ4n) is 1.80. The predicted molar refractivity (Wildman–Crippen MR) is 71.5 cm³/mol. The van der Waals surface area contributed by atoms with Crippen LogP contribution in [0.5, 0.6) is 0 Å².